The summed E-state index contributed by atoms with van der Waals surface area (Å²) >= 11 is 0. The van der Waals surface area contributed by atoms with Crippen molar-refractivity contribution >= 4 is 5.82 Å². The molecule has 0 bridgehead atoms. The standard InChI is InChI=1S/C15H17N3O4/c1-18(5-6-19)15-4-3-11(16-17-15)10-7-13-14(22-9-21-13)8-12(10)20-2/h3-4,7-8,19H,5-6,9H2,1-2H3. The number of hydrogen-bond donors (Lipinski definition) is 1. The molecule has 3 rings (SSSR count). The lowest BCUT2D eigenvalue weighted by Crippen LogP contribution is -2.22. The van der Waals surface area contributed by atoms with Crippen LogP contribution in [-0.2, 0) is 0 Å². The quantitative estimate of drug-likeness (QED) is 0.892. The van der Waals surface area contributed by atoms with Crippen LogP contribution in [0.3, 0.4) is 0 Å². The molecule has 2 heterocycles. The Kier molecular flexibility index (Phi) is 3.97. The van der Waals surface area contributed by atoms with Crippen molar-refractivity contribution in [3.63, 3.8) is 0 Å². The molecule has 0 saturated carbocycles. The first-order chi connectivity index (χ1) is 10.7. The summed E-state index contributed by atoms with van der Waals surface area (Å²) in [5.41, 5.74) is 1.46. The topological polar surface area (TPSA) is 76.9 Å². The maximum absolute atomic E-state index is 8.96. The van der Waals surface area contributed by atoms with Crippen LogP contribution in [0, 0.1) is 0 Å². The van der Waals surface area contributed by atoms with E-state index in [1.807, 2.05) is 30.1 Å². The molecular weight excluding hydrogens is 286 g/mol. The van der Waals surface area contributed by atoms with Crippen molar-refractivity contribution in [1.82, 2.24) is 10.2 Å². The Morgan fingerprint density at radius 2 is 2.00 bits per heavy atom. The largest absolute Gasteiger partial charge is 0.496 e. The summed E-state index contributed by atoms with van der Waals surface area (Å²) in [6.45, 7) is 0.774. The molecule has 0 spiro atoms. The van der Waals surface area contributed by atoms with E-state index in [0.29, 0.717) is 35.3 Å². The van der Waals surface area contributed by atoms with E-state index < -0.39 is 0 Å². The van der Waals surface area contributed by atoms with Crippen molar-refractivity contribution < 1.29 is 19.3 Å². The number of aliphatic hydroxyl groups is 1. The second-order valence-corrected chi connectivity index (χ2v) is 4.83. The smallest absolute Gasteiger partial charge is 0.231 e. The molecule has 7 nitrogen and oxygen atoms in total. The van der Waals surface area contributed by atoms with Crippen molar-refractivity contribution in [3.8, 4) is 28.5 Å². The van der Waals surface area contributed by atoms with Gasteiger partial charge in [-0.05, 0) is 18.2 Å². The van der Waals surface area contributed by atoms with Gasteiger partial charge in [0.2, 0.25) is 6.79 Å². The molecule has 1 aliphatic heterocycles. The minimum Gasteiger partial charge on any atom is -0.496 e. The second-order valence-electron chi connectivity index (χ2n) is 4.83. The summed E-state index contributed by atoms with van der Waals surface area (Å²) in [6.07, 6.45) is 0. The lowest BCUT2D eigenvalue weighted by Gasteiger charge is -2.16. The third-order valence-corrected chi connectivity index (χ3v) is 3.45. The van der Waals surface area contributed by atoms with Crippen molar-refractivity contribution in [3.05, 3.63) is 24.3 Å². The number of methoxy groups -OCH3 is 1. The molecule has 7 heteroatoms. The highest BCUT2D eigenvalue weighted by atomic mass is 16.7. The maximum Gasteiger partial charge on any atom is 0.231 e. The number of nitrogens with zero attached hydrogens (tertiary/aromatic N) is 3. The molecule has 1 N–H and O–H groups in total. The van der Waals surface area contributed by atoms with Crippen LogP contribution in [0.25, 0.3) is 11.3 Å². The van der Waals surface area contributed by atoms with Crippen LogP contribution in [0.15, 0.2) is 24.3 Å². The van der Waals surface area contributed by atoms with Crippen molar-refractivity contribution in [1.29, 1.82) is 0 Å². The summed E-state index contributed by atoms with van der Waals surface area (Å²) < 4.78 is 16.1. The average molecular weight is 303 g/mol. The molecule has 0 aliphatic carbocycles. The first-order valence-corrected chi connectivity index (χ1v) is 6.86. The van der Waals surface area contributed by atoms with Gasteiger partial charge in [-0.2, -0.15) is 0 Å². The van der Waals surface area contributed by atoms with Crippen LogP contribution in [-0.4, -0.2) is 49.4 Å². The van der Waals surface area contributed by atoms with E-state index in [9.17, 15) is 0 Å². The maximum atomic E-state index is 8.96. The van der Waals surface area contributed by atoms with Gasteiger partial charge in [0, 0.05) is 25.2 Å². The molecule has 0 saturated heterocycles. The Hall–Kier alpha value is -2.54. The molecule has 0 amide bonds. The normalized spacial score (nSPS) is 12.3. The first kappa shape index (κ1) is 14.4. The zero-order chi connectivity index (χ0) is 15.5. The first-order valence-electron chi connectivity index (χ1n) is 6.86. The highest BCUT2D eigenvalue weighted by molar-refractivity contribution is 5.72. The number of fused-ring (bicyclic) bond motifs is 1. The fourth-order valence-electron chi connectivity index (χ4n) is 2.23. The van der Waals surface area contributed by atoms with E-state index >= 15 is 0 Å². The van der Waals surface area contributed by atoms with Crippen LogP contribution in [0.1, 0.15) is 0 Å². The highest BCUT2D eigenvalue weighted by Crippen LogP contribution is 2.41. The summed E-state index contributed by atoms with van der Waals surface area (Å²) in [5.74, 6) is 2.67. The Morgan fingerprint density at radius 1 is 1.23 bits per heavy atom. The lowest BCUT2D eigenvalue weighted by atomic mass is 10.1. The predicted octanol–water partition coefficient (Wildman–Crippen LogP) is 1.31. The minimum atomic E-state index is 0.0654. The van der Waals surface area contributed by atoms with Gasteiger partial charge in [-0.1, -0.05) is 0 Å². The number of aliphatic hydroxyl groups excluding tert-OH is 1. The average Bonchev–Trinajstić information content (AvgIpc) is 3.01. The summed E-state index contributed by atoms with van der Waals surface area (Å²) in [6, 6.07) is 7.33. The number of hydrogen-bond acceptors (Lipinski definition) is 7. The lowest BCUT2D eigenvalue weighted by molar-refractivity contribution is 0.174. The number of likely N-dealkylation sites (N-methyl/N-ethyl adjacent to an activating group) is 1. The van der Waals surface area contributed by atoms with E-state index in [2.05, 4.69) is 10.2 Å². The second kappa shape index (κ2) is 6.07. The molecule has 1 aromatic carbocycles. The molecule has 2 aromatic rings. The highest BCUT2D eigenvalue weighted by Gasteiger charge is 2.19. The molecular formula is C15H17N3O4. The zero-order valence-corrected chi connectivity index (χ0v) is 12.4. The third-order valence-electron chi connectivity index (χ3n) is 3.45. The minimum absolute atomic E-state index is 0.0654. The van der Waals surface area contributed by atoms with Gasteiger partial charge in [-0.3, -0.25) is 0 Å². The molecule has 1 aromatic heterocycles. The molecule has 0 fully saturated rings. The molecule has 116 valence electrons. The number of ether oxygens (including phenoxy) is 3. The van der Waals surface area contributed by atoms with E-state index in [1.54, 1.807) is 13.2 Å². The molecule has 22 heavy (non-hydrogen) atoms. The predicted molar refractivity (Wildman–Crippen MR) is 80.5 cm³/mol. The number of benzene rings is 1. The Balaban J connectivity index is 1.94. The van der Waals surface area contributed by atoms with Crippen LogP contribution >= 0.6 is 0 Å². The fraction of sp³-hybridized carbons (Fsp3) is 0.333. The van der Waals surface area contributed by atoms with Gasteiger partial charge in [-0.25, -0.2) is 0 Å². The van der Waals surface area contributed by atoms with E-state index in [-0.39, 0.29) is 13.4 Å². The Bertz CT molecular complexity index is 661. The van der Waals surface area contributed by atoms with E-state index in [4.69, 9.17) is 19.3 Å². The molecule has 1 aliphatic rings. The van der Waals surface area contributed by atoms with Gasteiger partial charge < -0.3 is 24.2 Å². The zero-order valence-electron chi connectivity index (χ0n) is 12.4. The van der Waals surface area contributed by atoms with Gasteiger partial charge in [0.15, 0.2) is 17.3 Å². The Labute approximate surface area is 128 Å². The molecule has 0 atom stereocenters. The van der Waals surface area contributed by atoms with Crippen LogP contribution < -0.4 is 19.1 Å². The van der Waals surface area contributed by atoms with Crippen LogP contribution in [0.5, 0.6) is 17.2 Å². The SMILES string of the molecule is COc1cc2c(cc1-c1ccc(N(C)CCO)nn1)OCO2. The van der Waals surface area contributed by atoms with Gasteiger partial charge in [0.25, 0.3) is 0 Å². The van der Waals surface area contributed by atoms with Gasteiger partial charge >= 0.3 is 0 Å². The van der Waals surface area contributed by atoms with E-state index in [1.165, 1.54) is 0 Å². The fourth-order valence-corrected chi connectivity index (χ4v) is 2.23. The monoisotopic (exact) mass is 303 g/mol. The van der Waals surface area contributed by atoms with Gasteiger partial charge in [0.05, 0.1) is 19.4 Å². The van der Waals surface area contributed by atoms with Crippen molar-refractivity contribution in [2.24, 2.45) is 0 Å². The Morgan fingerprint density at radius 3 is 2.64 bits per heavy atom. The van der Waals surface area contributed by atoms with E-state index in [0.717, 1.165) is 5.56 Å². The summed E-state index contributed by atoms with van der Waals surface area (Å²) in [5, 5.41) is 17.4. The van der Waals surface area contributed by atoms with Gasteiger partial charge in [0.1, 0.15) is 5.75 Å². The van der Waals surface area contributed by atoms with Crippen molar-refractivity contribution in [2.75, 3.05) is 39.0 Å². The van der Waals surface area contributed by atoms with Crippen LogP contribution in [0.2, 0.25) is 0 Å². The molecule has 0 unspecified atom stereocenters. The number of anilines is 1. The summed E-state index contributed by atoms with van der Waals surface area (Å²) in [7, 11) is 3.44. The summed E-state index contributed by atoms with van der Waals surface area (Å²) in [4.78, 5) is 1.83. The van der Waals surface area contributed by atoms with Crippen LogP contribution in [0.4, 0.5) is 5.82 Å². The van der Waals surface area contributed by atoms with Crippen molar-refractivity contribution in [2.45, 2.75) is 0 Å². The number of aromatic nitrogens is 2. The third kappa shape index (κ3) is 2.62. The number of rotatable bonds is 5. The molecule has 0 radical (unpaired) electrons. The van der Waals surface area contributed by atoms with Gasteiger partial charge in [-0.15, -0.1) is 10.2 Å².